The number of carbonyl (C=O) groups excluding carboxylic acids is 2. The highest BCUT2D eigenvalue weighted by molar-refractivity contribution is 6.04. The minimum absolute atomic E-state index is 0.379. The third-order valence-corrected chi connectivity index (χ3v) is 6.91. The summed E-state index contributed by atoms with van der Waals surface area (Å²) in [7, 11) is 2.22. The third-order valence-electron chi connectivity index (χ3n) is 6.91. The number of imide groups is 1. The van der Waals surface area contributed by atoms with Gasteiger partial charge in [-0.3, -0.25) is 10.1 Å². The Morgan fingerprint density at radius 2 is 1.97 bits per heavy atom. The van der Waals surface area contributed by atoms with Crippen LogP contribution in [0.5, 0.6) is 0 Å². The van der Waals surface area contributed by atoms with Crippen LogP contribution in [0.3, 0.4) is 0 Å². The lowest BCUT2D eigenvalue weighted by molar-refractivity contribution is 0.0962. The van der Waals surface area contributed by atoms with E-state index in [-0.39, 0.29) is 5.91 Å². The first-order valence-electron chi connectivity index (χ1n) is 11.0. The first-order chi connectivity index (χ1) is 15.1. The van der Waals surface area contributed by atoms with Crippen LogP contribution < -0.4 is 10.6 Å². The minimum Gasteiger partial charge on any atom is -0.361 e. The Bertz CT molecular complexity index is 1110. The molecule has 2 aliphatic rings. The van der Waals surface area contributed by atoms with Crippen LogP contribution in [0.2, 0.25) is 0 Å². The summed E-state index contributed by atoms with van der Waals surface area (Å²) in [4.78, 5) is 30.2. The number of fused-ring (bicyclic) bond motifs is 2. The van der Waals surface area contributed by atoms with Gasteiger partial charge in [-0.1, -0.05) is 30.3 Å². The number of likely N-dealkylation sites (N-methyl/N-ethyl adjacent to an activating group) is 1. The molecule has 0 bridgehead atoms. The van der Waals surface area contributed by atoms with Crippen molar-refractivity contribution in [3.8, 4) is 0 Å². The van der Waals surface area contributed by atoms with Gasteiger partial charge in [0.2, 0.25) is 0 Å². The van der Waals surface area contributed by atoms with Gasteiger partial charge in [0.15, 0.2) is 0 Å². The van der Waals surface area contributed by atoms with Gasteiger partial charge in [0.25, 0.3) is 5.91 Å². The molecule has 1 fully saturated rings. The second kappa shape index (κ2) is 8.19. The smallest absolute Gasteiger partial charge is 0.321 e. The maximum Gasteiger partial charge on any atom is 0.321 e. The van der Waals surface area contributed by atoms with Gasteiger partial charge in [0, 0.05) is 47.7 Å². The quantitative estimate of drug-likeness (QED) is 0.608. The minimum atomic E-state index is -0.435. The van der Waals surface area contributed by atoms with Crippen molar-refractivity contribution >= 4 is 22.8 Å². The fourth-order valence-corrected chi connectivity index (χ4v) is 5.46. The van der Waals surface area contributed by atoms with E-state index in [1.165, 1.54) is 22.0 Å². The Morgan fingerprint density at radius 3 is 2.81 bits per heavy atom. The fourth-order valence-electron chi connectivity index (χ4n) is 5.46. The summed E-state index contributed by atoms with van der Waals surface area (Å²) in [6.45, 7) is 1.59. The molecule has 2 heterocycles. The second-order valence-electron chi connectivity index (χ2n) is 8.87. The highest BCUT2D eigenvalue weighted by Crippen LogP contribution is 2.44. The first kappa shape index (κ1) is 19.8. The lowest BCUT2D eigenvalue weighted by Gasteiger charge is -2.45. The van der Waals surface area contributed by atoms with Crippen molar-refractivity contribution in [1.82, 2.24) is 20.5 Å². The number of carbonyl (C=O) groups is 2. The van der Waals surface area contributed by atoms with Crippen molar-refractivity contribution in [3.05, 3.63) is 71.4 Å². The predicted octanol–water partition coefficient (Wildman–Crippen LogP) is 3.66. The summed E-state index contributed by atoms with van der Waals surface area (Å²) in [6, 6.07) is 15.5. The first-order valence-corrected chi connectivity index (χ1v) is 11.0. The molecule has 3 amide bonds. The molecule has 5 rings (SSSR count). The Kier molecular flexibility index (Phi) is 5.24. The molecule has 160 valence electrons. The summed E-state index contributed by atoms with van der Waals surface area (Å²) in [6.07, 6.45) is 5.29. The fraction of sp³-hybridized carbons (Fsp3) is 0.360. The summed E-state index contributed by atoms with van der Waals surface area (Å²) < 4.78 is 0. The van der Waals surface area contributed by atoms with Crippen LogP contribution in [0.4, 0.5) is 4.79 Å². The number of aromatic amines is 1. The normalized spacial score (nSPS) is 22.7. The van der Waals surface area contributed by atoms with E-state index in [0.717, 1.165) is 25.8 Å². The zero-order chi connectivity index (χ0) is 21.4. The largest absolute Gasteiger partial charge is 0.361 e. The third kappa shape index (κ3) is 3.83. The molecular formula is C25H28N4O2. The second-order valence-corrected chi connectivity index (χ2v) is 8.87. The van der Waals surface area contributed by atoms with Gasteiger partial charge in [-0.2, -0.15) is 0 Å². The number of piperidine rings is 1. The van der Waals surface area contributed by atoms with E-state index in [4.69, 9.17) is 0 Å². The van der Waals surface area contributed by atoms with Crippen molar-refractivity contribution < 1.29 is 9.59 Å². The Morgan fingerprint density at radius 1 is 1.13 bits per heavy atom. The number of aromatic nitrogens is 1. The van der Waals surface area contributed by atoms with Gasteiger partial charge >= 0.3 is 6.03 Å². The maximum absolute atomic E-state index is 12.1. The SMILES string of the molecule is CN1C[C@H](CCNC(=O)NC(=O)c2ccccc2)CC2c3cccc4[nH]cc(c34)C[C@H]21. The van der Waals surface area contributed by atoms with Gasteiger partial charge in [0.05, 0.1) is 0 Å². The number of amides is 3. The van der Waals surface area contributed by atoms with E-state index in [9.17, 15) is 9.59 Å². The predicted molar refractivity (Wildman–Crippen MR) is 121 cm³/mol. The lowest BCUT2D eigenvalue weighted by Crippen LogP contribution is -2.48. The molecule has 3 atom stereocenters. The molecule has 0 spiro atoms. The number of benzene rings is 2. The van der Waals surface area contributed by atoms with Crippen LogP contribution in [0.1, 0.15) is 40.2 Å². The molecule has 1 aliphatic carbocycles. The van der Waals surface area contributed by atoms with E-state index in [1.54, 1.807) is 24.3 Å². The van der Waals surface area contributed by atoms with Crippen molar-refractivity contribution in [2.45, 2.75) is 31.2 Å². The average Bonchev–Trinajstić information content (AvgIpc) is 3.19. The summed E-state index contributed by atoms with van der Waals surface area (Å²) in [5.74, 6) is 0.646. The number of H-pyrrole nitrogens is 1. The van der Waals surface area contributed by atoms with Gasteiger partial charge < -0.3 is 15.2 Å². The molecule has 0 radical (unpaired) electrons. The van der Waals surface area contributed by atoms with Gasteiger partial charge in [-0.25, -0.2) is 4.79 Å². The Labute approximate surface area is 182 Å². The van der Waals surface area contributed by atoms with Crippen molar-refractivity contribution in [2.75, 3.05) is 20.1 Å². The number of nitrogens with zero attached hydrogens (tertiary/aromatic N) is 1. The molecule has 6 heteroatoms. The summed E-state index contributed by atoms with van der Waals surface area (Å²) in [5.41, 5.74) is 4.60. The average molecular weight is 417 g/mol. The molecule has 1 aromatic heterocycles. The van der Waals surface area contributed by atoms with Crippen LogP contribution in [0.25, 0.3) is 10.9 Å². The topological polar surface area (TPSA) is 77.2 Å². The van der Waals surface area contributed by atoms with Crippen LogP contribution in [0.15, 0.2) is 54.7 Å². The van der Waals surface area contributed by atoms with E-state index < -0.39 is 6.03 Å². The summed E-state index contributed by atoms with van der Waals surface area (Å²) in [5, 5.41) is 6.67. The van der Waals surface area contributed by atoms with Crippen LogP contribution >= 0.6 is 0 Å². The maximum atomic E-state index is 12.1. The van der Waals surface area contributed by atoms with Crippen molar-refractivity contribution in [3.63, 3.8) is 0 Å². The van der Waals surface area contributed by atoms with Gasteiger partial charge in [-0.05, 0) is 61.6 Å². The Hall–Kier alpha value is -3.12. The molecule has 1 aliphatic heterocycles. The van der Waals surface area contributed by atoms with Crippen LogP contribution in [0, 0.1) is 5.92 Å². The van der Waals surface area contributed by atoms with Crippen molar-refractivity contribution in [1.29, 1.82) is 0 Å². The van der Waals surface area contributed by atoms with E-state index >= 15 is 0 Å². The zero-order valence-electron chi connectivity index (χ0n) is 17.7. The molecule has 2 aromatic carbocycles. The van der Waals surface area contributed by atoms with E-state index in [1.807, 2.05) is 6.07 Å². The molecule has 1 saturated heterocycles. The molecule has 3 aromatic rings. The number of hydrogen-bond acceptors (Lipinski definition) is 3. The van der Waals surface area contributed by atoms with E-state index in [0.29, 0.717) is 30.0 Å². The van der Waals surface area contributed by atoms with Crippen LogP contribution in [-0.4, -0.2) is 48.0 Å². The number of likely N-dealkylation sites (tertiary alicyclic amines) is 1. The molecule has 6 nitrogen and oxygen atoms in total. The van der Waals surface area contributed by atoms with Gasteiger partial charge in [0.1, 0.15) is 0 Å². The number of hydrogen-bond donors (Lipinski definition) is 3. The zero-order valence-corrected chi connectivity index (χ0v) is 17.7. The standard InChI is InChI=1S/C25H28N4O2/c1-29-15-16(10-11-26-25(31)28-24(30)17-6-3-2-4-7-17)12-20-19-8-5-9-21-23(19)18(14-27-21)13-22(20)29/h2-9,14,16,20,22,27H,10-13,15H2,1H3,(H2,26,28,30,31)/t16-,20?,22-/m1/s1. The highest BCUT2D eigenvalue weighted by atomic mass is 16.2. The molecule has 31 heavy (non-hydrogen) atoms. The highest BCUT2D eigenvalue weighted by Gasteiger charge is 2.39. The van der Waals surface area contributed by atoms with Gasteiger partial charge in [-0.15, -0.1) is 0 Å². The molecule has 0 saturated carbocycles. The molecular weight excluding hydrogens is 388 g/mol. The number of urea groups is 1. The van der Waals surface area contributed by atoms with Crippen molar-refractivity contribution in [2.24, 2.45) is 5.92 Å². The number of rotatable bonds is 4. The molecule has 1 unspecified atom stereocenters. The molecule has 3 N–H and O–H groups in total. The monoisotopic (exact) mass is 416 g/mol. The number of nitrogens with one attached hydrogen (secondary N) is 3. The summed E-state index contributed by atoms with van der Waals surface area (Å²) >= 11 is 0. The van der Waals surface area contributed by atoms with E-state index in [2.05, 4.69) is 52.0 Å². The Balaban J connectivity index is 1.19. The van der Waals surface area contributed by atoms with Crippen LogP contribution in [-0.2, 0) is 6.42 Å². The lowest BCUT2D eigenvalue weighted by atomic mass is 9.72.